The van der Waals surface area contributed by atoms with Gasteiger partial charge >= 0.3 is 6.18 Å². The maximum absolute atomic E-state index is 14.5. The van der Waals surface area contributed by atoms with Crippen LogP contribution in [0.5, 0.6) is 0 Å². The monoisotopic (exact) mass is 424 g/mol. The first-order valence-corrected chi connectivity index (χ1v) is 8.32. The van der Waals surface area contributed by atoms with E-state index in [1.165, 1.54) is 18.2 Å². The van der Waals surface area contributed by atoms with E-state index >= 15 is 0 Å². The summed E-state index contributed by atoms with van der Waals surface area (Å²) in [5, 5.41) is -0.408. The minimum Gasteiger partial charge on any atom is -0.298 e. The summed E-state index contributed by atoms with van der Waals surface area (Å²) in [6.07, 6.45) is -3.77. The van der Waals surface area contributed by atoms with Crippen LogP contribution in [0, 0.1) is 6.92 Å². The molecule has 2 aromatic carbocycles. The quantitative estimate of drug-likeness (QED) is 0.283. The number of carbonyl (C=O) groups excluding carboxylic acids is 1. The molecule has 0 N–H and O–H groups in total. The van der Waals surface area contributed by atoms with Crippen molar-refractivity contribution in [2.45, 2.75) is 19.0 Å². The molecular weight excluding hydrogens is 415 g/mol. The van der Waals surface area contributed by atoms with E-state index in [1.807, 2.05) is 0 Å². The molecule has 2 aromatic rings. The summed E-state index contributed by atoms with van der Waals surface area (Å²) in [6, 6.07) is 5.86. The van der Waals surface area contributed by atoms with Crippen LogP contribution in [0.4, 0.5) is 17.6 Å². The van der Waals surface area contributed by atoms with Crippen molar-refractivity contribution in [2.75, 3.05) is 0 Å². The van der Waals surface area contributed by atoms with Crippen LogP contribution >= 0.6 is 34.8 Å². The van der Waals surface area contributed by atoms with Crippen LogP contribution in [0.3, 0.4) is 0 Å². The predicted molar refractivity (Wildman–Crippen MR) is 95.9 cm³/mol. The summed E-state index contributed by atoms with van der Waals surface area (Å²) >= 11 is 17.3. The van der Waals surface area contributed by atoms with E-state index in [0.717, 1.165) is 12.1 Å². The minimum atomic E-state index is -4.78. The number of halogens is 7. The number of allylic oxidation sites excluding steroid dienone is 1. The fourth-order valence-corrected chi connectivity index (χ4v) is 2.95. The Bertz CT molecular complexity index is 852. The third-order valence-corrected chi connectivity index (χ3v) is 4.90. The molecule has 0 spiro atoms. The van der Waals surface area contributed by atoms with Gasteiger partial charge in [-0.2, -0.15) is 13.2 Å². The van der Waals surface area contributed by atoms with Crippen molar-refractivity contribution < 1.29 is 22.4 Å². The Kier molecular flexibility index (Phi) is 6.37. The van der Waals surface area contributed by atoms with E-state index < -0.39 is 17.9 Å². The third kappa shape index (κ3) is 4.58. The lowest BCUT2D eigenvalue weighted by atomic mass is 9.96. The van der Waals surface area contributed by atoms with Gasteiger partial charge in [0.2, 0.25) is 0 Å². The number of alkyl halides is 3. The molecule has 0 heterocycles. The number of aryl methyl sites for hydroxylation is 1. The smallest absolute Gasteiger partial charge is 0.298 e. The highest BCUT2D eigenvalue weighted by atomic mass is 35.5. The predicted octanol–water partition coefficient (Wildman–Crippen LogP) is 7.42. The summed E-state index contributed by atoms with van der Waals surface area (Å²) in [5.41, 5.74) is 0.356. The average Bonchev–Trinajstić information content (AvgIpc) is 2.55. The summed E-state index contributed by atoms with van der Waals surface area (Å²) in [4.78, 5) is 10.8. The van der Waals surface area contributed by atoms with Crippen molar-refractivity contribution in [3.05, 3.63) is 73.7 Å². The lowest BCUT2D eigenvalue weighted by Crippen LogP contribution is -2.19. The zero-order valence-electron chi connectivity index (χ0n) is 13.2. The van der Waals surface area contributed by atoms with Gasteiger partial charge in [-0.05, 0) is 42.3 Å². The Morgan fingerprint density at radius 2 is 1.65 bits per heavy atom. The standard InChI is InChI=1S/C18H11Cl3F4O/c1-9-4-10(2-3-11(9)8-26)16(22)7-13(18(23,24)25)12-5-14(19)17(21)15(20)6-12/h2-8,13H,1H3/b16-7-. The fourth-order valence-electron chi connectivity index (χ4n) is 2.33. The number of rotatable bonds is 4. The molecule has 1 nitrogen and oxygen atoms in total. The summed E-state index contributed by atoms with van der Waals surface area (Å²) in [6.45, 7) is 1.56. The van der Waals surface area contributed by atoms with Crippen LogP contribution < -0.4 is 0 Å². The van der Waals surface area contributed by atoms with Crippen LogP contribution in [0.25, 0.3) is 5.83 Å². The number of hydrogen-bond acceptors (Lipinski definition) is 1. The molecule has 0 saturated heterocycles. The van der Waals surface area contributed by atoms with E-state index in [9.17, 15) is 22.4 Å². The SMILES string of the molecule is Cc1cc(/C(F)=C/C(c2cc(Cl)c(Cl)c(Cl)c2)C(F)(F)F)ccc1C=O. The lowest BCUT2D eigenvalue weighted by molar-refractivity contribution is -0.139. The number of carbonyl (C=O) groups is 1. The van der Waals surface area contributed by atoms with Gasteiger partial charge in [0.25, 0.3) is 0 Å². The van der Waals surface area contributed by atoms with Gasteiger partial charge in [0, 0.05) is 11.1 Å². The maximum Gasteiger partial charge on any atom is 0.399 e. The van der Waals surface area contributed by atoms with Crippen molar-refractivity contribution in [1.82, 2.24) is 0 Å². The molecule has 26 heavy (non-hydrogen) atoms. The number of hydrogen-bond donors (Lipinski definition) is 0. The molecule has 1 atom stereocenters. The molecule has 0 fully saturated rings. The summed E-state index contributed by atoms with van der Waals surface area (Å²) < 4.78 is 54.9. The summed E-state index contributed by atoms with van der Waals surface area (Å²) in [5.74, 6) is -3.36. The fraction of sp³-hybridized carbons (Fsp3) is 0.167. The Balaban J connectivity index is 2.53. The third-order valence-electron chi connectivity index (χ3n) is 3.70. The molecule has 0 aliphatic heterocycles. The Labute approximate surface area is 162 Å². The molecule has 0 aliphatic carbocycles. The second-order valence-corrected chi connectivity index (χ2v) is 6.71. The van der Waals surface area contributed by atoms with Gasteiger partial charge in [0.1, 0.15) is 18.0 Å². The highest BCUT2D eigenvalue weighted by molar-refractivity contribution is 6.48. The van der Waals surface area contributed by atoms with Gasteiger partial charge in [-0.3, -0.25) is 4.79 Å². The van der Waals surface area contributed by atoms with Crippen LogP contribution in [-0.2, 0) is 0 Å². The van der Waals surface area contributed by atoms with Gasteiger partial charge in [-0.25, -0.2) is 4.39 Å². The number of aldehydes is 1. The van der Waals surface area contributed by atoms with Crippen molar-refractivity contribution in [3.63, 3.8) is 0 Å². The van der Waals surface area contributed by atoms with E-state index in [0.29, 0.717) is 23.5 Å². The molecule has 0 bridgehead atoms. The second kappa shape index (κ2) is 7.99. The molecule has 0 radical (unpaired) electrons. The van der Waals surface area contributed by atoms with Crippen LogP contribution in [0.15, 0.2) is 36.4 Å². The van der Waals surface area contributed by atoms with E-state index in [4.69, 9.17) is 34.8 Å². The summed E-state index contributed by atoms with van der Waals surface area (Å²) in [7, 11) is 0. The van der Waals surface area contributed by atoms with Gasteiger partial charge in [-0.15, -0.1) is 0 Å². The highest BCUT2D eigenvalue weighted by Gasteiger charge is 2.40. The first kappa shape index (κ1) is 20.7. The van der Waals surface area contributed by atoms with Crippen molar-refractivity contribution in [3.8, 4) is 0 Å². The lowest BCUT2D eigenvalue weighted by Gasteiger charge is -2.19. The highest BCUT2D eigenvalue weighted by Crippen LogP contribution is 2.42. The number of benzene rings is 2. The first-order chi connectivity index (χ1) is 12.0. The van der Waals surface area contributed by atoms with Crippen LogP contribution in [0.1, 0.15) is 33.0 Å². The first-order valence-electron chi connectivity index (χ1n) is 7.19. The van der Waals surface area contributed by atoms with E-state index in [1.54, 1.807) is 6.92 Å². The van der Waals surface area contributed by atoms with Gasteiger partial charge in [-0.1, -0.05) is 46.9 Å². The van der Waals surface area contributed by atoms with Gasteiger partial charge in [0.15, 0.2) is 0 Å². The zero-order chi connectivity index (χ0) is 19.6. The van der Waals surface area contributed by atoms with E-state index in [2.05, 4.69) is 0 Å². The van der Waals surface area contributed by atoms with Gasteiger partial charge in [0.05, 0.1) is 15.1 Å². The molecule has 0 aliphatic rings. The maximum atomic E-state index is 14.5. The Hall–Kier alpha value is -1.56. The largest absolute Gasteiger partial charge is 0.399 e. The molecule has 0 amide bonds. The van der Waals surface area contributed by atoms with Crippen molar-refractivity contribution in [1.29, 1.82) is 0 Å². The van der Waals surface area contributed by atoms with Crippen LogP contribution in [-0.4, -0.2) is 12.5 Å². The molecule has 2 rings (SSSR count). The molecule has 8 heteroatoms. The van der Waals surface area contributed by atoms with Gasteiger partial charge < -0.3 is 0 Å². The Morgan fingerprint density at radius 1 is 1.08 bits per heavy atom. The molecule has 0 saturated carbocycles. The Morgan fingerprint density at radius 3 is 2.12 bits per heavy atom. The minimum absolute atomic E-state index is 0.0755. The molecular formula is C18H11Cl3F4O. The van der Waals surface area contributed by atoms with E-state index in [-0.39, 0.29) is 26.2 Å². The van der Waals surface area contributed by atoms with Crippen molar-refractivity contribution >= 4 is 46.9 Å². The average molecular weight is 426 g/mol. The topological polar surface area (TPSA) is 17.1 Å². The normalized spacial score (nSPS) is 13.6. The van der Waals surface area contributed by atoms with Crippen LogP contribution in [0.2, 0.25) is 15.1 Å². The molecule has 138 valence electrons. The molecule has 1 unspecified atom stereocenters. The zero-order valence-corrected chi connectivity index (χ0v) is 15.4. The second-order valence-electron chi connectivity index (χ2n) is 5.52. The van der Waals surface area contributed by atoms with Crippen molar-refractivity contribution in [2.24, 2.45) is 0 Å². The molecule has 0 aromatic heterocycles.